The highest BCUT2D eigenvalue weighted by atomic mass is 16.5. The van der Waals surface area contributed by atoms with Crippen LogP contribution in [0.2, 0.25) is 0 Å². The molecule has 138 valence electrons. The Bertz CT molecular complexity index is 802. The quantitative estimate of drug-likeness (QED) is 0.772. The smallest absolute Gasteiger partial charge is 0.355 e. The Labute approximate surface area is 154 Å². The highest BCUT2D eigenvalue weighted by Gasteiger charge is 2.30. The summed E-state index contributed by atoms with van der Waals surface area (Å²) < 4.78 is 7.20. The Kier molecular flexibility index (Phi) is 5.45. The molecular formula is C21H26N2O3. The lowest BCUT2D eigenvalue weighted by atomic mass is 10.1. The van der Waals surface area contributed by atoms with Crippen LogP contribution in [0.25, 0.3) is 0 Å². The number of amides is 1. The molecule has 1 amide bonds. The van der Waals surface area contributed by atoms with E-state index in [1.54, 1.807) is 6.92 Å². The summed E-state index contributed by atoms with van der Waals surface area (Å²) in [6.45, 7) is 7.98. The van der Waals surface area contributed by atoms with E-state index in [0.717, 1.165) is 37.2 Å². The first-order valence-electron chi connectivity index (χ1n) is 9.24. The molecule has 0 spiro atoms. The number of likely N-dealkylation sites (tertiary alicyclic amines) is 1. The Morgan fingerprint density at radius 1 is 1.08 bits per heavy atom. The van der Waals surface area contributed by atoms with E-state index in [0.29, 0.717) is 30.0 Å². The molecule has 0 aliphatic carbocycles. The topological polar surface area (TPSA) is 51.5 Å². The Balaban J connectivity index is 2.07. The molecule has 0 radical (unpaired) electrons. The van der Waals surface area contributed by atoms with E-state index >= 15 is 0 Å². The van der Waals surface area contributed by atoms with Gasteiger partial charge in [-0.15, -0.1) is 0 Å². The third-order valence-electron chi connectivity index (χ3n) is 5.03. The van der Waals surface area contributed by atoms with Gasteiger partial charge in [-0.3, -0.25) is 4.79 Å². The molecule has 1 saturated heterocycles. The maximum atomic E-state index is 13.0. The van der Waals surface area contributed by atoms with Gasteiger partial charge in [-0.25, -0.2) is 4.79 Å². The number of benzene rings is 1. The van der Waals surface area contributed by atoms with E-state index in [4.69, 9.17) is 4.74 Å². The van der Waals surface area contributed by atoms with Gasteiger partial charge in [0.05, 0.1) is 12.2 Å². The van der Waals surface area contributed by atoms with Crippen molar-refractivity contribution in [1.29, 1.82) is 0 Å². The first kappa shape index (κ1) is 18.2. The summed E-state index contributed by atoms with van der Waals surface area (Å²) >= 11 is 0. The van der Waals surface area contributed by atoms with Crippen LogP contribution < -0.4 is 0 Å². The molecular weight excluding hydrogens is 328 g/mol. The van der Waals surface area contributed by atoms with Crippen LogP contribution in [0.15, 0.2) is 30.3 Å². The lowest BCUT2D eigenvalue weighted by Crippen LogP contribution is -2.28. The lowest BCUT2D eigenvalue weighted by molar-refractivity contribution is 0.0513. The molecule has 0 bridgehead atoms. The fraction of sp³-hybridized carbons (Fsp3) is 0.429. The van der Waals surface area contributed by atoms with Gasteiger partial charge in [0.25, 0.3) is 5.91 Å². The predicted molar refractivity (Wildman–Crippen MR) is 101 cm³/mol. The zero-order valence-electron chi connectivity index (χ0n) is 15.7. The minimum Gasteiger partial charge on any atom is -0.461 e. The van der Waals surface area contributed by atoms with E-state index in [2.05, 4.69) is 0 Å². The van der Waals surface area contributed by atoms with Crippen LogP contribution in [0.3, 0.4) is 0 Å². The molecule has 3 rings (SSSR count). The van der Waals surface area contributed by atoms with Crippen molar-refractivity contribution in [3.8, 4) is 0 Å². The summed E-state index contributed by atoms with van der Waals surface area (Å²) in [6.07, 6.45) is 2.08. The Morgan fingerprint density at radius 3 is 2.35 bits per heavy atom. The molecule has 5 nitrogen and oxygen atoms in total. The molecule has 0 saturated carbocycles. The molecule has 1 fully saturated rings. The SMILES string of the molecule is CCOC(=O)c1c(C)c(C(=O)N2CCCC2)c(C)n1Cc1ccccc1. The average molecular weight is 354 g/mol. The number of hydrogen-bond donors (Lipinski definition) is 0. The first-order valence-corrected chi connectivity index (χ1v) is 9.24. The molecule has 1 aromatic heterocycles. The van der Waals surface area contributed by atoms with Gasteiger partial charge in [0.15, 0.2) is 0 Å². The van der Waals surface area contributed by atoms with E-state index in [-0.39, 0.29) is 11.9 Å². The van der Waals surface area contributed by atoms with E-state index in [1.165, 1.54) is 0 Å². The van der Waals surface area contributed by atoms with Crippen LogP contribution in [-0.4, -0.2) is 41.0 Å². The van der Waals surface area contributed by atoms with Crippen LogP contribution in [0.5, 0.6) is 0 Å². The molecule has 0 atom stereocenters. The summed E-state index contributed by atoms with van der Waals surface area (Å²) in [6, 6.07) is 9.95. The molecule has 0 unspecified atom stereocenters. The predicted octanol–water partition coefficient (Wildman–Crippen LogP) is 3.57. The second-order valence-corrected chi connectivity index (χ2v) is 6.73. The first-order chi connectivity index (χ1) is 12.5. The molecule has 0 N–H and O–H groups in total. The van der Waals surface area contributed by atoms with Gasteiger partial charge in [-0.1, -0.05) is 30.3 Å². The number of hydrogen-bond acceptors (Lipinski definition) is 3. The monoisotopic (exact) mass is 354 g/mol. The number of esters is 1. The van der Waals surface area contributed by atoms with Gasteiger partial charge in [-0.05, 0) is 44.7 Å². The molecule has 5 heteroatoms. The van der Waals surface area contributed by atoms with E-state index in [1.807, 2.05) is 53.6 Å². The van der Waals surface area contributed by atoms with Crippen molar-refractivity contribution in [1.82, 2.24) is 9.47 Å². The summed E-state index contributed by atoms with van der Waals surface area (Å²) in [4.78, 5) is 27.6. The summed E-state index contributed by atoms with van der Waals surface area (Å²) in [5.74, 6) is -0.348. The average Bonchev–Trinajstić information content (AvgIpc) is 3.24. The van der Waals surface area contributed by atoms with Crippen LogP contribution in [0, 0.1) is 13.8 Å². The van der Waals surface area contributed by atoms with E-state index < -0.39 is 0 Å². The third-order valence-corrected chi connectivity index (χ3v) is 5.03. The van der Waals surface area contributed by atoms with Gasteiger partial charge in [0.2, 0.25) is 0 Å². The second kappa shape index (κ2) is 7.77. The van der Waals surface area contributed by atoms with Crippen molar-refractivity contribution >= 4 is 11.9 Å². The lowest BCUT2D eigenvalue weighted by Gasteiger charge is -2.16. The van der Waals surface area contributed by atoms with Crippen LogP contribution in [0.1, 0.15) is 57.4 Å². The summed E-state index contributed by atoms with van der Waals surface area (Å²) in [5.41, 5.74) is 3.75. The van der Waals surface area contributed by atoms with Crippen LogP contribution >= 0.6 is 0 Å². The highest BCUT2D eigenvalue weighted by Crippen LogP contribution is 2.27. The fourth-order valence-electron chi connectivity index (χ4n) is 3.71. The van der Waals surface area contributed by atoms with Gasteiger partial charge >= 0.3 is 5.97 Å². The zero-order valence-corrected chi connectivity index (χ0v) is 15.7. The van der Waals surface area contributed by atoms with Gasteiger partial charge in [-0.2, -0.15) is 0 Å². The van der Waals surface area contributed by atoms with Crippen molar-refractivity contribution < 1.29 is 14.3 Å². The largest absolute Gasteiger partial charge is 0.461 e. The highest BCUT2D eigenvalue weighted by molar-refractivity contribution is 6.01. The van der Waals surface area contributed by atoms with Crippen molar-refractivity contribution in [2.75, 3.05) is 19.7 Å². The summed E-state index contributed by atoms with van der Waals surface area (Å²) in [5, 5.41) is 0. The van der Waals surface area contributed by atoms with Crippen LogP contribution in [0.4, 0.5) is 0 Å². The number of rotatable bonds is 5. The maximum Gasteiger partial charge on any atom is 0.355 e. The molecule has 1 aliphatic heterocycles. The number of aromatic nitrogens is 1. The number of carbonyl (C=O) groups is 2. The maximum absolute atomic E-state index is 13.0. The summed E-state index contributed by atoms with van der Waals surface area (Å²) in [7, 11) is 0. The molecule has 1 aromatic carbocycles. The minimum absolute atomic E-state index is 0.0230. The van der Waals surface area contributed by atoms with Crippen molar-refractivity contribution in [2.45, 2.75) is 40.2 Å². The van der Waals surface area contributed by atoms with Gasteiger partial charge < -0.3 is 14.2 Å². The molecule has 2 aromatic rings. The van der Waals surface area contributed by atoms with Crippen molar-refractivity contribution in [2.24, 2.45) is 0 Å². The standard InChI is InChI=1S/C21H26N2O3/c1-4-26-21(25)19-15(2)18(20(24)22-12-8-9-13-22)16(3)23(19)14-17-10-6-5-7-11-17/h5-7,10-11H,4,8-9,12-14H2,1-3H3. The zero-order chi connectivity index (χ0) is 18.7. The normalized spacial score (nSPS) is 13.9. The minimum atomic E-state index is -0.371. The van der Waals surface area contributed by atoms with Gasteiger partial charge in [0.1, 0.15) is 5.69 Å². The molecule has 1 aliphatic rings. The number of nitrogens with zero attached hydrogens (tertiary/aromatic N) is 2. The number of ether oxygens (including phenoxy) is 1. The van der Waals surface area contributed by atoms with Crippen molar-refractivity contribution in [3.63, 3.8) is 0 Å². The Hall–Kier alpha value is -2.56. The number of carbonyl (C=O) groups excluding carboxylic acids is 2. The molecule has 26 heavy (non-hydrogen) atoms. The van der Waals surface area contributed by atoms with Gasteiger partial charge in [0, 0.05) is 25.3 Å². The Morgan fingerprint density at radius 2 is 1.73 bits per heavy atom. The molecule has 2 heterocycles. The van der Waals surface area contributed by atoms with Crippen molar-refractivity contribution in [3.05, 3.63) is 58.4 Å². The third kappa shape index (κ3) is 3.39. The second-order valence-electron chi connectivity index (χ2n) is 6.73. The van der Waals surface area contributed by atoms with Crippen LogP contribution in [-0.2, 0) is 11.3 Å². The fourth-order valence-corrected chi connectivity index (χ4v) is 3.71. The van der Waals surface area contributed by atoms with E-state index in [9.17, 15) is 9.59 Å².